The third kappa shape index (κ3) is 2.66. The SMILES string of the molecule is Cc1c(C(=O)NC(C)(C)C(C)(C)O)cnn1C. The van der Waals surface area contributed by atoms with Crippen molar-refractivity contribution >= 4 is 5.91 Å². The summed E-state index contributed by atoms with van der Waals surface area (Å²) >= 11 is 0. The molecule has 0 fully saturated rings. The van der Waals surface area contributed by atoms with E-state index in [2.05, 4.69) is 10.4 Å². The third-order valence-electron chi connectivity index (χ3n) is 3.44. The summed E-state index contributed by atoms with van der Waals surface area (Å²) in [4.78, 5) is 12.1. The van der Waals surface area contributed by atoms with Gasteiger partial charge in [-0.3, -0.25) is 9.48 Å². The van der Waals surface area contributed by atoms with E-state index in [1.54, 1.807) is 39.4 Å². The molecule has 0 aliphatic rings. The topological polar surface area (TPSA) is 67.2 Å². The van der Waals surface area contributed by atoms with Crippen LogP contribution in [0.2, 0.25) is 0 Å². The zero-order valence-electron chi connectivity index (χ0n) is 11.3. The number of carbonyl (C=O) groups is 1. The van der Waals surface area contributed by atoms with Gasteiger partial charge in [0.25, 0.3) is 5.91 Å². The predicted molar refractivity (Wildman–Crippen MR) is 65.8 cm³/mol. The van der Waals surface area contributed by atoms with Crippen molar-refractivity contribution in [2.75, 3.05) is 0 Å². The second-order valence-electron chi connectivity index (χ2n) is 5.41. The lowest BCUT2D eigenvalue weighted by Crippen LogP contribution is -2.57. The average Bonchev–Trinajstić information content (AvgIpc) is 2.45. The summed E-state index contributed by atoms with van der Waals surface area (Å²) in [5.74, 6) is -0.220. The Balaban J connectivity index is 2.91. The maximum Gasteiger partial charge on any atom is 0.255 e. The van der Waals surface area contributed by atoms with Gasteiger partial charge in [0.2, 0.25) is 0 Å². The molecule has 5 nitrogen and oxygen atoms in total. The number of nitrogens with zero attached hydrogens (tertiary/aromatic N) is 2. The van der Waals surface area contributed by atoms with Crippen molar-refractivity contribution in [2.24, 2.45) is 7.05 Å². The van der Waals surface area contributed by atoms with E-state index in [9.17, 15) is 9.90 Å². The normalized spacial score (nSPS) is 12.6. The van der Waals surface area contributed by atoms with Gasteiger partial charge in [-0.05, 0) is 34.6 Å². The van der Waals surface area contributed by atoms with Crippen molar-refractivity contribution in [3.63, 3.8) is 0 Å². The van der Waals surface area contributed by atoms with E-state index >= 15 is 0 Å². The minimum absolute atomic E-state index is 0.220. The molecule has 1 rings (SSSR count). The van der Waals surface area contributed by atoms with Gasteiger partial charge in [-0.15, -0.1) is 0 Å². The highest BCUT2D eigenvalue weighted by Gasteiger charge is 2.36. The van der Waals surface area contributed by atoms with Gasteiger partial charge in [-0.25, -0.2) is 0 Å². The van der Waals surface area contributed by atoms with Crippen LogP contribution < -0.4 is 5.32 Å². The van der Waals surface area contributed by atoms with Gasteiger partial charge in [0.1, 0.15) is 0 Å². The summed E-state index contributed by atoms with van der Waals surface area (Å²) in [6, 6.07) is 0. The molecule has 96 valence electrons. The van der Waals surface area contributed by atoms with E-state index in [0.29, 0.717) is 5.56 Å². The number of rotatable bonds is 3. The summed E-state index contributed by atoms with van der Waals surface area (Å²) < 4.78 is 1.64. The molecule has 0 aromatic carbocycles. The molecule has 1 aromatic rings. The number of hydrogen-bond donors (Lipinski definition) is 2. The summed E-state index contributed by atoms with van der Waals surface area (Å²) in [7, 11) is 1.78. The highest BCUT2D eigenvalue weighted by Crippen LogP contribution is 2.21. The van der Waals surface area contributed by atoms with E-state index in [1.807, 2.05) is 6.92 Å². The van der Waals surface area contributed by atoms with Crippen LogP contribution >= 0.6 is 0 Å². The van der Waals surface area contributed by atoms with Gasteiger partial charge in [0.15, 0.2) is 0 Å². The Morgan fingerprint density at radius 2 is 1.94 bits per heavy atom. The Labute approximate surface area is 102 Å². The molecule has 0 aliphatic heterocycles. The molecule has 0 unspecified atom stereocenters. The molecule has 0 atom stereocenters. The van der Waals surface area contributed by atoms with E-state index in [4.69, 9.17) is 0 Å². The van der Waals surface area contributed by atoms with Crippen LogP contribution in [0.25, 0.3) is 0 Å². The first-order valence-corrected chi connectivity index (χ1v) is 5.60. The van der Waals surface area contributed by atoms with E-state index in [0.717, 1.165) is 5.69 Å². The van der Waals surface area contributed by atoms with Crippen LogP contribution in [-0.2, 0) is 7.05 Å². The zero-order chi connectivity index (χ0) is 13.4. The number of hydrogen-bond acceptors (Lipinski definition) is 3. The number of aromatic nitrogens is 2. The Hall–Kier alpha value is -1.36. The molecule has 0 spiro atoms. The summed E-state index contributed by atoms with van der Waals surface area (Å²) in [5, 5.41) is 16.8. The van der Waals surface area contributed by atoms with Gasteiger partial charge in [0.05, 0.1) is 22.9 Å². The second kappa shape index (κ2) is 4.14. The molecule has 5 heteroatoms. The monoisotopic (exact) mass is 239 g/mol. The number of aryl methyl sites for hydroxylation is 1. The van der Waals surface area contributed by atoms with E-state index < -0.39 is 11.1 Å². The van der Waals surface area contributed by atoms with Crippen molar-refractivity contribution in [1.82, 2.24) is 15.1 Å². The van der Waals surface area contributed by atoms with Crippen molar-refractivity contribution in [3.8, 4) is 0 Å². The minimum Gasteiger partial charge on any atom is -0.388 e. The van der Waals surface area contributed by atoms with Gasteiger partial charge in [0, 0.05) is 12.7 Å². The lowest BCUT2D eigenvalue weighted by Gasteiger charge is -2.37. The fourth-order valence-corrected chi connectivity index (χ4v) is 1.23. The molecule has 0 aliphatic carbocycles. The third-order valence-corrected chi connectivity index (χ3v) is 3.44. The number of carbonyl (C=O) groups excluding carboxylic acids is 1. The fraction of sp³-hybridized carbons (Fsp3) is 0.667. The molecule has 17 heavy (non-hydrogen) atoms. The highest BCUT2D eigenvalue weighted by molar-refractivity contribution is 5.95. The van der Waals surface area contributed by atoms with Crippen LogP contribution in [0.5, 0.6) is 0 Å². The number of nitrogens with one attached hydrogen (secondary N) is 1. The standard InChI is InChI=1S/C12H21N3O2/c1-8-9(7-13-15(8)6)10(16)14-11(2,3)12(4,5)17/h7,17H,1-6H3,(H,14,16). The smallest absolute Gasteiger partial charge is 0.255 e. The van der Waals surface area contributed by atoms with Crippen LogP contribution in [0, 0.1) is 6.92 Å². The van der Waals surface area contributed by atoms with E-state index in [-0.39, 0.29) is 5.91 Å². The number of aliphatic hydroxyl groups is 1. The van der Waals surface area contributed by atoms with Crippen LogP contribution in [0.15, 0.2) is 6.20 Å². The summed E-state index contributed by atoms with van der Waals surface area (Å²) in [5.41, 5.74) is -0.385. The van der Waals surface area contributed by atoms with Gasteiger partial charge in [-0.1, -0.05) is 0 Å². The first-order chi connectivity index (χ1) is 7.56. The minimum atomic E-state index is -1.00. The molecule has 0 saturated heterocycles. The first-order valence-electron chi connectivity index (χ1n) is 5.60. The van der Waals surface area contributed by atoms with Crippen molar-refractivity contribution in [2.45, 2.75) is 45.8 Å². The second-order valence-corrected chi connectivity index (χ2v) is 5.41. The molecular weight excluding hydrogens is 218 g/mol. The molecule has 1 amide bonds. The summed E-state index contributed by atoms with van der Waals surface area (Å²) in [6.45, 7) is 8.75. The lowest BCUT2D eigenvalue weighted by molar-refractivity contribution is -0.00294. The number of amides is 1. The van der Waals surface area contributed by atoms with E-state index in [1.165, 1.54) is 6.20 Å². The molecule has 0 radical (unpaired) electrons. The van der Waals surface area contributed by atoms with Crippen molar-refractivity contribution in [3.05, 3.63) is 17.5 Å². The molecule has 0 bridgehead atoms. The van der Waals surface area contributed by atoms with Crippen molar-refractivity contribution in [1.29, 1.82) is 0 Å². The zero-order valence-corrected chi connectivity index (χ0v) is 11.3. The molecule has 2 N–H and O–H groups in total. The predicted octanol–water partition coefficient (Wildman–Crippen LogP) is 1.01. The largest absolute Gasteiger partial charge is 0.388 e. The highest BCUT2D eigenvalue weighted by atomic mass is 16.3. The maximum atomic E-state index is 12.1. The first kappa shape index (κ1) is 13.7. The Kier molecular flexibility index (Phi) is 3.34. The van der Waals surface area contributed by atoms with Crippen LogP contribution in [0.3, 0.4) is 0 Å². The van der Waals surface area contributed by atoms with Crippen molar-refractivity contribution < 1.29 is 9.90 Å². The van der Waals surface area contributed by atoms with Crippen LogP contribution in [0.4, 0.5) is 0 Å². The lowest BCUT2D eigenvalue weighted by atomic mass is 9.86. The molecule has 1 heterocycles. The van der Waals surface area contributed by atoms with Gasteiger partial charge < -0.3 is 10.4 Å². The quantitative estimate of drug-likeness (QED) is 0.827. The fourth-order valence-electron chi connectivity index (χ4n) is 1.23. The Bertz CT molecular complexity index is 427. The van der Waals surface area contributed by atoms with Gasteiger partial charge in [-0.2, -0.15) is 5.10 Å². The summed E-state index contributed by atoms with van der Waals surface area (Å²) in [6.07, 6.45) is 1.53. The van der Waals surface area contributed by atoms with Crippen LogP contribution in [0.1, 0.15) is 43.7 Å². The molecule has 1 aromatic heterocycles. The maximum absolute atomic E-state index is 12.1. The molecular formula is C12H21N3O2. The average molecular weight is 239 g/mol. The van der Waals surface area contributed by atoms with Crippen LogP contribution in [-0.4, -0.2) is 31.9 Å². The van der Waals surface area contributed by atoms with Gasteiger partial charge >= 0.3 is 0 Å². The Morgan fingerprint density at radius 3 is 2.29 bits per heavy atom. The Morgan fingerprint density at radius 1 is 1.41 bits per heavy atom. The molecule has 0 saturated carbocycles.